The van der Waals surface area contributed by atoms with E-state index in [-0.39, 0.29) is 29.0 Å². The van der Waals surface area contributed by atoms with E-state index in [0.717, 1.165) is 5.56 Å². The summed E-state index contributed by atoms with van der Waals surface area (Å²) in [7, 11) is 2.95. The minimum absolute atomic E-state index is 0.192. The number of rotatable bonds is 6. The average Bonchev–Trinajstić information content (AvgIpc) is 2.60. The van der Waals surface area contributed by atoms with Gasteiger partial charge in [0.15, 0.2) is 18.1 Å². The molecule has 7 heteroatoms. The van der Waals surface area contributed by atoms with E-state index >= 15 is 0 Å². The van der Waals surface area contributed by atoms with E-state index in [1.165, 1.54) is 26.4 Å². The number of ether oxygens (including phenoxy) is 3. The number of methoxy groups -OCH3 is 2. The second kappa shape index (κ2) is 8.27. The van der Waals surface area contributed by atoms with E-state index in [0.29, 0.717) is 17.0 Å². The van der Waals surface area contributed by atoms with Crippen LogP contribution >= 0.6 is 11.6 Å². The number of halogens is 1. The van der Waals surface area contributed by atoms with Gasteiger partial charge in [-0.15, -0.1) is 0 Å². The fourth-order valence-corrected chi connectivity index (χ4v) is 2.43. The Morgan fingerprint density at radius 2 is 1.92 bits per heavy atom. The van der Waals surface area contributed by atoms with Crippen LogP contribution < -0.4 is 19.5 Å². The molecule has 0 atom stereocenters. The standard InChI is InChI=1S/C18H17ClN2O4/c1-11-4-5-15(23-2)14(6-11)21-17(22)10-25-18-13(19)7-12(9-20)8-16(18)24-3/h4-8H,10H2,1-3H3,(H,21,22). The van der Waals surface area contributed by atoms with Crippen LogP contribution in [0.1, 0.15) is 11.1 Å². The topological polar surface area (TPSA) is 80.6 Å². The normalized spacial score (nSPS) is 9.88. The predicted molar refractivity (Wildman–Crippen MR) is 94.6 cm³/mol. The van der Waals surface area contributed by atoms with E-state index < -0.39 is 0 Å². The van der Waals surface area contributed by atoms with Crippen molar-refractivity contribution in [2.45, 2.75) is 6.92 Å². The molecule has 0 unspecified atom stereocenters. The molecule has 0 aliphatic carbocycles. The third kappa shape index (κ3) is 4.55. The van der Waals surface area contributed by atoms with Gasteiger partial charge in [-0.3, -0.25) is 4.79 Å². The monoisotopic (exact) mass is 360 g/mol. The Morgan fingerprint density at radius 1 is 1.20 bits per heavy atom. The summed E-state index contributed by atoms with van der Waals surface area (Å²) in [6, 6.07) is 10.4. The molecule has 0 fully saturated rings. The molecule has 6 nitrogen and oxygen atoms in total. The number of anilines is 1. The predicted octanol–water partition coefficient (Wildman–Crippen LogP) is 3.55. The molecule has 2 aromatic rings. The third-order valence-electron chi connectivity index (χ3n) is 3.34. The zero-order valence-corrected chi connectivity index (χ0v) is 14.8. The molecule has 0 bridgehead atoms. The van der Waals surface area contributed by atoms with Gasteiger partial charge in [0, 0.05) is 6.07 Å². The fourth-order valence-electron chi connectivity index (χ4n) is 2.17. The van der Waals surface area contributed by atoms with Crippen molar-refractivity contribution >= 4 is 23.2 Å². The fraction of sp³-hybridized carbons (Fsp3) is 0.222. The number of benzene rings is 2. The summed E-state index contributed by atoms with van der Waals surface area (Å²) < 4.78 is 15.9. The molecule has 1 amide bonds. The molecule has 1 N–H and O–H groups in total. The van der Waals surface area contributed by atoms with Crippen LogP contribution in [0.4, 0.5) is 5.69 Å². The number of carbonyl (C=O) groups excluding carboxylic acids is 1. The maximum Gasteiger partial charge on any atom is 0.262 e. The first-order chi connectivity index (χ1) is 12.0. The summed E-state index contributed by atoms with van der Waals surface area (Å²) in [6.45, 7) is 1.63. The van der Waals surface area contributed by atoms with Crippen LogP contribution in [0.15, 0.2) is 30.3 Å². The highest BCUT2D eigenvalue weighted by atomic mass is 35.5. The highest BCUT2D eigenvalue weighted by molar-refractivity contribution is 6.32. The number of hydrogen-bond acceptors (Lipinski definition) is 5. The summed E-state index contributed by atoms with van der Waals surface area (Å²) in [4.78, 5) is 12.2. The summed E-state index contributed by atoms with van der Waals surface area (Å²) in [5, 5.41) is 11.9. The van der Waals surface area contributed by atoms with E-state index in [2.05, 4.69) is 5.32 Å². The van der Waals surface area contributed by atoms with Crippen molar-refractivity contribution in [3.8, 4) is 23.3 Å². The minimum atomic E-state index is -0.383. The summed E-state index contributed by atoms with van der Waals surface area (Å²) in [6.07, 6.45) is 0. The molecule has 130 valence electrons. The zero-order chi connectivity index (χ0) is 18.4. The lowest BCUT2D eigenvalue weighted by Crippen LogP contribution is -2.21. The van der Waals surface area contributed by atoms with Gasteiger partial charge in [0.05, 0.1) is 36.6 Å². The second-order valence-electron chi connectivity index (χ2n) is 5.14. The minimum Gasteiger partial charge on any atom is -0.495 e. The summed E-state index contributed by atoms with van der Waals surface area (Å²) in [5.74, 6) is 0.652. The van der Waals surface area contributed by atoms with Crippen molar-refractivity contribution in [2.75, 3.05) is 26.1 Å². The Morgan fingerprint density at radius 3 is 2.56 bits per heavy atom. The van der Waals surface area contributed by atoms with Gasteiger partial charge in [-0.05, 0) is 30.7 Å². The number of hydrogen-bond donors (Lipinski definition) is 1. The van der Waals surface area contributed by atoms with Gasteiger partial charge >= 0.3 is 0 Å². The smallest absolute Gasteiger partial charge is 0.262 e. The Balaban J connectivity index is 2.11. The first kappa shape index (κ1) is 18.4. The number of amides is 1. The lowest BCUT2D eigenvalue weighted by molar-refractivity contribution is -0.118. The number of carbonyl (C=O) groups is 1. The molecule has 25 heavy (non-hydrogen) atoms. The van der Waals surface area contributed by atoms with E-state index in [1.807, 2.05) is 19.1 Å². The highest BCUT2D eigenvalue weighted by Crippen LogP contribution is 2.36. The molecule has 0 heterocycles. The van der Waals surface area contributed by atoms with E-state index in [9.17, 15) is 4.79 Å². The Hall–Kier alpha value is -2.91. The van der Waals surface area contributed by atoms with Crippen molar-refractivity contribution in [3.05, 3.63) is 46.5 Å². The van der Waals surface area contributed by atoms with Crippen molar-refractivity contribution in [3.63, 3.8) is 0 Å². The maximum atomic E-state index is 12.2. The lowest BCUT2D eigenvalue weighted by Gasteiger charge is -2.14. The first-order valence-corrected chi connectivity index (χ1v) is 7.71. The maximum absolute atomic E-state index is 12.2. The van der Waals surface area contributed by atoms with Crippen molar-refractivity contribution in [2.24, 2.45) is 0 Å². The molecule has 0 saturated carbocycles. The van der Waals surface area contributed by atoms with Crippen LogP contribution in [0.2, 0.25) is 5.02 Å². The quantitative estimate of drug-likeness (QED) is 0.851. The zero-order valence-electron chi connectivity index (χ0n) is 14.1. The van der Waals surface area contributed by atoms with Gasteiger partial charge in [0.1, 0.15) is 5.75 Å². The van der Waals surface area contributed by atoms with Gasteiger partial charge in [-0.1, -0.05) is 17.7 Å². The largest absolute Gasteiger partial charge is 0.495 e. The number of nitriles is 1. The van der Waals surface area contributed by atoms with Gasteiger partial charge in [-0.25, -0.2) is 0 Å². The summed E-state index contributed by atoms with van der Waals surface area (Å²) >= 11 is 6.10. The Kier molecular flexibility index (Phi) is 6.09. The molecule has 0 aliphatic rings. The molecule has 0 aromatic heterocycles. The van der Waals surface area contributed by atoms with Gasteiger partial charge in [0.25, 0.3) is 5.91 Å². The van der Waals surface area contributed by atoms with Crippen LogP contribution in [0.5, 0.6) is 17.2 Å². The van der Waals surface area contributed by atoms with Crippen molar-refractivity contribution in [1.82, 2.24) is 0 Å². The lowest BCUT2D eigenvalue weighted by atomic mass is 10.2. The van der Waals surface area contributed by atoms with Crippen LogP contribution in [-0.2, 0) is 4.79 Å². The molecule has 0 saturated heterocycles. The van der Waals surface area contributed by atoms with E-state index in [4.69, 9.17) is 31.1 Å². The Labute approximate surface area is 150 Å². The number of nitrogens with zero attached hydrogens (tertiary/aromatic N) is 1. The van der Waals surface area contributed by atoms with Crippen LogP contribution in [0.25, 0.3) is 0 Å². The van der Waals surface area contributed by atoms with Gasteiger partial charge in [-0.2, -0.15) is 5.26 Å². The second-order valence-corrected chi connectivity index (χ2v) is 5.55. The third-order valence-corrected chi connectivity index (χ3v) is 3.62. The van der Waals surface area contributed by atoms with Crippen molar-refractivity contribution in [1.29, 1.82) is 5.26 Å². The molecule has 2 aromatic carbocycles. The first-order valence-electron chi connectivity index (χ1n) is 7.33. The molecular formula is C18H17ClN2O4. The Bertz CT molecular complexity index is 831. The van der Waals surface area contributed by atoms with E-state index in [1.54, 1.807) is 12.1 Å². The average molecular weight is 361 g/mol. The number of nitrogens with one attached hydrogen (secondary N) is 1. The molecule has 0 radical (unpaired) electrons. The highest BCUT2D eigenvalue weighted by Gasteiger charge is 2.15. The molecular weight excluding hydrogens is 344 g/mol. The molecule has 0 spiro atoms. The van der Waals surface area contributed by atoms with Gasteiger partial charge in [0.2, 0.25) is 0 Å². The SMILES string of the molecule is COc1ccc(C)cc1NC(=O)COc1c(Cl)cc(C#N)cc1OC. The molecule has 2 rings (SSSR count). The van der Waals surface area contributed by atoms with Crippen molar-refractivity contribution < 1.29 is 19.0 Å². The van der Waals surface area contributed by atoms with Crippen LogP contribution in [0, 0.1) is 18.3 Å². The van der Waals surface area contributed by atoms with Crippen LogP contribution in [-0.4, -0.2) is 26.7 Å². The summed E-state index contributed by atoms with van der Waals surface area (Å²) in [5.41, 5.74) is 1.87. The molecule has 0 aliphatic heterocycles. The van der Waals surface area contributed by atoms with Crippen LogP contribution in [0.3, 0.4) is 0 Å². The van der Waals surface area contributed by atoms with Gasteiger partial charge < -0.3 is 19.5 Å². The number of aryl methyl sites for hydroxylation is 1.